The zero-order valence-corrected chi connectivity index (χ0v) is 16.8. The first-order valence-corrected chi connectivity index (χ1v) is 9.52. The lowest BCUT2D eigenvalue weighted by Crippen LogP contribution is -2.17. The third-order valence-electron chi connectivity index (χ3n) is 4.83. The molecule has 1 N–H and O–H groups in total. The van der Waals surface area contributed by atoms with E-state index in [1.54, 1.807) is 41.8 Å². The standard InChI is InChI=1S/C21H15ClF3N3O3/c1-11-26-27-20-13(9-19(29)30)8-16(12-2-4-14(22)5-3-12)17-10-15(31-21(23,24)25)6-7-18(17)28(11)20/h2-8,10,13H,9H2,1H3,(H,29,30)/t13-/m0/s1. The summed E-state index contributed by atoms with van der Waals surface area (Å²) in [5.74, 6) is -1.24. The first kappa shape index (κ1) is 20.9. The molecule has 1 aliphatic heterocycles. The van der Waals surface area contributed by atoms with Crippen LogP contribution in [0.2, 0.25) is 5.02 Å². The monoisotopic (exact) mass is 449 g/mol. The minimum absolute atomic E-state index is 0.269. The van der Waals surface area contributed by atoms with Gasteiger partial charge in [0, 0.05) is 16.5 Å². The van der Waals surface area contributed by atoms with Gasteiger partial charge in [-0.05, 0) is 48.4 Å². The van der Waals surface area contributed by atoms with Crippen LogP contribution in [0.25, 0.3) is 11.3 Å². The lowest BCUT2D eigenvalue weighted by Gasteiger charge is -2.16. The molecule has 0 unspecified atom stereocenters. The maximum atomic E-state index is 12.8. The van der Waals surface area contributed by atoms with Gasteiger partial charge in [-0.2, -0.15) is 0 Å². The Morgan fingerprint density at radius 2 is 1.90 bits per heavy atom. The molecule has 0 saturated carbocycles. The summed E-state index contributed by atoms with van der Waals surface area (Å²) in [6.07, 6.45) is -3.44. The van der Waals surface area contributed by atoms with Gasteiger partial charge in [0.2, 0.25) is 0 Å². The van der Waals surface area contributed by atoms with E-state index in [4.69, 9.17) is 11.6 Å². The Labute approximate surface area is 179 Å². The number of carbonyl (C=O) groups is 1. The second-order valence-electron chi connectivity index (χ2n) is 6.96. The van der Waals surface area contributed by atoms with Gasteiger partial charge in [0.05, 0.1) is 12.1 Å². The van der Waals surface area contributed by atoms with E-state index < -0.39 is 24.0 Å². The molecular formula is C21H15ClF3N3O3. The number of carboxylic acid groups (broad SMARTS) is 1. The number of aryl methyl sites for hydroxylation is 1. The molecule has 3 aromatic rings. The maximum Gasteiger partial charge on any atom is 0.573 e. The zero-order valence-electron chi connectivity index (χ0n) is 16.0. The van der Waals surface area contributed by atoms with Crippen molar-refractivity contribution >= 4 is 23.1 Å². The molecule has 2 heterocycles. The van der Waals surface area contributed by atoms with Gasteiger partial charge in [-0.1, -0.05) is 29.8 Å². The molecule has 0 radical (unpaired) electrons. The molecule has 1 atom stereocenters. The summed E-state index contributed by atoms with van der Waals surface area (Å²) >= 11 is 5.99. The lowest BCUT2D eigenvalue weighted by atomic mass is 9.92. The highest BCUT2D eigenvalue weighted by Gasteiger charge is 2.33. The van der Waals surface area contributed by atoms with Crippen molar-refractivity contribution in [3.63, 3.8) is 0 Å². The van der Waals surface area contributed by atoms with Crippen LogP contribution in [0.5, 0.6) is 5.75 Å². The molecule has 160 valence electrons. The van der Waals surface area contributed by atoms with Crippen LogP contribution in [0.1, 0.15) is 35.1 Å². The maximum absolute atomic E-state index is 12.8. The van der Waals surface area contributed by atoms with E-state index in [1.165, 1.54) is 18.2 Å². The number of nitrogens with zero attached hydrogens (tertiary/aromatic N) is 3. The van der Waals surface area contributed by atoms with E-state index in [0.717, 1.165) is 0 Å². The van der Waals surface area contributed by atoms with Gasteiger partial charge in [-0.25, -0.2) is 0 Å². The average molecular weight is 450 g/mol. The van der Waals surface area contributed by atoms with Crippen molar-refractivity contribution in [1.82, 2.24) is 14.8 Å². The molecule has 0 amide bonds. The molecule has 0 aliphatic carbocycles. The minimum atomic E-state index is -4.85. The van der Waals surface area contributed by atoms with Crippen LogP contribution >= 0.6 is 11.6 Å². The molecule has 1 aromatic heterocycles. The molecule has 0 spiro atoms. The van der Waals surface area contributed by atoms with Gasteiger partial charge < -0.3 is 9.84 Å². The summed E-state index contributed by atoms with van der Waals surface area (Å²) in [4.78, 5) is 11.5. The first-order valence-electron chi connectivity index (χ1n) is 9.14. The van der Waals surface area contributed by atoms with Gasteiger partial charge in [0.15, 0.2) is 0 Å². The highest BCUT2D eigenvalue weighted by Crippen LogP contribution is 2.40. The predicted molar refractivity (Wildman–Crippen MR) is 106 cm³/mol. The lowest BCUT2D eigenvalue weighted by molar-refractivity contribution is -0.274. The molecule has 1 aliphatic rings. The molecule has 0 fully saturated rings. The third-order valence-corrected chi connectivity index (χ3v) is 5.08. The average Bonchev–Trinajstić information content (AvgIpc) is 2.99. The van der Waals surface area contributed by atoms with Gasteiger partial charge in [0.1, 0.15) is 17.4 Å². The van der Waals surface area contributed by atoms with Crippen LogP contribution < -0.4 is 4.74 Å². The van der Waals surface area contributed by atoms with Crippen molar-refractivity contribution < 1.29 is 27.8 Å². The Bertz CT molecular complexity index is 1190. The molecule has 0 saturated heterocycles. The van der Waals surface area contributed by atoms with Crippen molar-refractivity contribution in [2.45, 2.75) is 25.6 Å². The summed E-state index contributed by atoms with van der Waals surface area (Å²) in [7, 11) is 0. The number of benzene rings is 2. The van der Waals surface area contributed by atoms with Gasteiger partial charge in [0.25, 0.3) is 0 Å². The molecule has 6 nitrogen and oxygen atoms in total. The number of carboxylic acids is 1. The highest BCUT2D eigenvalue weighted by atomic mass is 35.5. The van der Waals surface area contributed by atoms with E-state index >= 15 is 0 Å². The highest BCUT2D eigenvalue weighted by molar-refractivity contribution is 6.30. The van der Waals surface area contributed by atoms with E-state index in [-0.39, 0.29) is 6.42 Å². The number of fused-ring (bicyclic) bond motifs is 3. The summed E-state index contributed by atoms with van der Waals surface area (Å²) < 4.78 is 44.3. The molecule has 10 heteroatoms. The van der Waals surface area contributed by atoms with Gasteiger partial charge in [-0.3, -0.25) is 9.36 Å². The van der Waals surface area contributed by atoms with Crippen LogP contribution in [-0.4, -0.2) is 32.2 Å². The van der Waals surface area contributed by atoms with Crippen molar-refractivity contribution in [3.05, 3.63) is 76.3 Å². The molecule has 0 bridgehead atoms. The number of halogens is 4. The van der Waals surface area contributed by atoms with E-state index in [1.807, 2.05) is 0 Å². The van der Waals surface area contributed by atoms with Crippen LogP contribution in [0, 0.1) is 6.92 Å². The van der Waals surface area contributed by atoms with Gasteiger partial charge in [-0.15, -0.1) is 23.4 Å². The quantitative estimate of drug-likeness (QED) is 0.597. The van der Waals surface area contributed by atoms with Crippen LogP contribution in [0.15, 0.2) is 48.5 Å². The number of hydrogen-bond donors (Lipinski definition) is 1. The topological polar surface area (TPSA) is 77.2 Å². The van der Waals surface area contributed by atoms with E-state index in [2.05, 4.69) is 14.9 Å². The SMILES string of the molecule is Cc1nnc2n1-c1ccc(OC(F)(F)F)cc1C(c1ccc(Cl)cc1)=C[C@H]2CC(=O)O. The Balaban J connectivity index is 1.98. The van der Waals surface area contributed by atoms with E-state index in [0.29, 0.717) is 39.1 Å². The second kappa shape index (κ2) is 7.73. The number of hydrogen-bond acceptors (Lipinski definition) is 4. The fourth-order valence-electron chi connectivity index (χ4n) is 3.62. The number of rotatable bonds is 4. The number of allylic oxidation sites excluding steroid dienone is 1. The molecule has 4 rings (SSSR count). The summed E-state index contributed by atoms with van der Waals surface area (Å²) in [5.41, 5.74) is 2.12. The zero-order chi connectivity index (χ0) is 22.3. The number of aromatic nitrogens is 3. The summed E-state index contributed by atoms with van der Waals surface area (Å²) in [6, 6.07) is 10.7. The number of aliphatic carboxylic acids is 1. The minimum Gasteiger partial charge on any atom is -0.481 e. The van der Waals surface area contributed by atoms with E-state index in [9.17, 15) is 23.1 Å². The van der Waals surface area contributed by atoms with Crippen LogP contribution in [0.3, 0.4) is 0 Å². The van der Waals surface area contributed by atoms with Crippen LogP contribution in [-0.2, 0) is 4.79 Å². The number of ether oxygens (including phenoxy) is 1. The normalized spacial score (nSPS) is 15.5. The van der Waals surface area contributed by atoms with Gasteiger partial charge >= 0.3 is 12.3 Å². The van der Waals surface area contributed by atoms with Crippen LogP contribution in [0.4, 0.5) is 13.2 Å². The summed E-state index contributed by atoms with van der Waals surface area (Å²) in [5, 5.41) is 18.1. The molecule has 31 heavy (non-hydrogen) atoms. The van der Waals surface area contributed by atoms with Crippen molar-refractivity contribution in [1.29, 1.82) is 0 Å². The fraction of sp³-hybridized carbons (Fsp3) is 0.190. The molecule has 2 aromatic carbocycles. The fourth-order valence-corrected chi connectivity index (χ4v) is 3.75. The Kier molecular flexibility index (Phi) is 5.22. The Morgan fingerprint density at radius 1 is 1.19 bits per heavy atom. The Hall–Kier alpha value is -3.33. The smallest absolute Gasteiger partial charge is 0.481 e. The predicted octanol–water partition coefficient (Wildman–Crippen LogP) is 5.13. The van der Waals surface area contributed by atoms with Crippen molar-refractivity contribution in [2.24, 2.45) is 0 Å². The Morgan fingerprint density at radius 3 is 2.55 bits per heavy atom. The second-order valence-corrected chi connectivity index (χ2v) is 7.40. The summed E-state index contributed by atoms with van der Waals surface area (Å²) in [6.45, 7) is 1.69. The van der Waals surface area contributed by atoms with Crippen molar-refractivity contribution in [3.8, 4) is 11.4 Å². The first-order chi connectivity index (χ1) is 14.6. The third kappa shape index (κ3) is 4.27. The van der Waals surface area contributed by atoms with Crippen molar-refractivity contribution in [2.75, 3.05) is 0 Å². The largest absolute Gasteiger partial charge is 0.573 e. The molecular weight excluding hydrogens is 435 g/mol. The number of alkyl halides is 3.